The van der Waals surface area contributed by atoms with Crippen molar-refractivity contribution in [3.8, 4) is 0 Å². The summed E-state index contributed by atoms with van der Waals surface area (Å²) in [6.45, 7) is -0.203. The normalized spacial score (nSPS) is 25.9. The van der Waals surface area contributed by atoms with Crippen molar-refractivity contribution in [3.63, 3.8) is 0 Å². The number of carbonyl (C=O) groups excluding carboxylic acids is 3. The van der Waals surface area contributed by atoms with Crippen LogP contribution in [0, 0.1) is 0 Å². The monoisotopic (exact) mass is 355 g/mol. The lowest BCUT2D eigenvalue weighted by Gasteiger charge is -2.22. The van der Waals surface area contributed by atoms with Crippen LogP contribution >= 0.6 is 0 Å². The van der Waals surface area contributed by atoms with Gasteiger partial charge in [0.05, 0.1) is 0 Å². The smallest absolute Gasteiger partial charge is 0.325 e. The molecule has 0 aromatic heterocycles. The number of rotatable bonds is 3. The lowest BCUT2D eigenvalue weighted by Crippen LogP contribution is -2.45. The first-order chi connectivity index (χ1) is 12.6. The number of carbonyl (C=O) groups is 3. The maximum atomic E-state index is 13.0. The number of aryl methyl sites for hydroxylation is 1. The highest BCUT2D eigenvalue weighted by Crippen LogP contribution is 2.41. The number of amides is 4. The third-order valence-corrected chi connectivity index (χ3v) is 5.94. The number of imide groups is 1. The van der Waals surface area contributed by atoms with E-state index < -0.39 is 11.6 Å². The number of nitrogens with zero attached hydrogens (tertiary/aromatic N) is 1. The predicted octanol–water partition coefficient (Wildman–Crippen LogP) is 2.22. The molecular weight excluding hydrogens is 330 g/mol. The van der Waals surface area contributed by atoms with E-state index in [1.54, 1.807) is 0 Å². The minimum Gasteiger partial charge on any atom is -0.352 e. The van der Waals surface area contributed by atoms with Crippen LogP contribution in [0.25, 0.3) is 0 Å². The maximum absolute atomic E-state index is 13.0. The van der Waals surface area contributed by atoms with E-state index in [-0.39, 0.29) is 24.4 Å². The molecule has 4 amide bonds. The first kappa shape index (κ1) is 17.1. The Labute approximate surface area is 153 Å². The second-order valence-electron chi connectivity index (χ2n) is 7.64. The number of fused-ring (bicyclic) bond motifs is 2. The van der Waals surface area contributed by atoms with Crippen molar-refractivity contribution in [3.05, 3.63) is 35.4 Å². The van der Waals surface area contributed by atoms with Crippen LogP contribution in [0.4, 0.5) is 4.79 Å². The number of urea groups is 1. The molecule has 1 atom stereocenters. The Kier molecular flexibility index (Phi) is 4.42. The van der Waals surface area contributed by atoms with Gasteiger partial charge in [-0.15, -0.1) is 0 Å². The van der Waals surface area contributed by atoms with Gasteiger partial charge in [0.2, 0.25) is 5.91 Å². The van der Waals surface area contributed by atoms with E-state index in [2.05, 4.69) is 10.6 Å². The van der Waals surface area contributed by atoms with Gasteiger partial charge < -0.3 is 10.6 Å². The molecule has 26 heavy (non-hydrogen) atoms. The molecule has 0 bridgehead atoms. The first-order valence-corrected chi connectivity index (χ1v) is 9.62. The lowest BCUT2D eigenvalue weighted by molar-refractivity contribution is -0.135. The lowest BCUT2D eigenvalue weighted by atomic mass is 9.92. The van der Waals surface area contributed by atoms with Gasteiger partial charge in [-0.2, -0.15) is 0 Å². The van der Waals surface area contributed by atoms with Crippen LogP contribution in [0.2, 0.25) is 0 Å². The summed E-state index contributed by atoms with van der Waals surface area (Å²) in [5.74, 6) is -0.549. The van der Waals surface area contributed by atoms with Crippen LogP contribution in [-0.4, -0.2) is 35.3 Å². The highest BCUT2D eigenvalue weighted by Gasteiger charge is 2.55. The maximum Gasteiger partial charge on any atom is 0.325 e. The Hall–Kier alpha value is -2.37. The molecule has 1 heterocycles. The summed E-state index contributed by atoms with van der Waals surface area (Å²) in [4.78, 5) is 39.0. The molecule has 0 radical (unpaired) electrons. The van der Waals surface area contributed by atoms with Gasteiger partial charge >= 0.3 is 6.03 Å². The zero-order valence-electron chi connectivity index (χ0n) is 14.9. The summed E-state index contributed by atoms with van der Waals surface area (Å²) in [5, 5.41) is 5.87. The van der Waals surface area contributed by atoms with Gasteiger partial charge in [0.25, 0.3) is 5.91 Å². The van der Waals surface area contributed by atoms with E-state index in [0.29, 0.717) is 6.42 Å². The van der Waals surface area contributed by atoms with Crippen molar-refractivity contribution >= 4 is 17.8 Å². The van der Waals surface area contributed by atoms with E-state index in [9.17, 15) is 14.4 Å². The molecule has 1 aromatic rings. The van der Waals surface area contributed by atoms with Crippen LogP contribution in [0.5, 0.6) is 0 Å². The molecule has 3 aliphatic rings. The van der Waals surface area contributed by atoms with E-state index in [4.69, 9.17) is 0 Å². The van der Waals surface area contributed by atoms with Crippen LogP contribution in [-0.2, 0) is 21.5 Å². The average Bonchev–Trinajstić information content (AvgIpc) is 2.96. The van der Waals surface area contributed by atoms with Crippen LogP contribution in [0.1, 0.15) is 56.1 Å². The first-order valence-electron chi connectivity index (χ1n) is 9.62. The standard InChI is InChI=1S/C20H25N3O3/c24-17(21-15-8-3-1-2-4-9-15)13-23-18(25)20(22-19(23)26)12-11-14-7-5-6-10-16(14)20/h5-7,10,15H,1-4,8-9,11-13H2,(H,21,24)(H,22,26)/t20-/m0/s1. The van der Waals surface area contributed by atoms with Gasteiger partial charge in [0.1, 0.15) is 12.1 Å². The minimum absolute atomic E-state index is 0.159. The van der Waals surface area contributed by atoms with E-state index in [0.717, 1.165) is 48.1 Å². The number of hydrogen-bond donors (Lipinski definition) is 2. The van der Waals surface area contributed by atoms with Crippen molar-refractivity contribution in [2.45, 2.75) is 62.9 Å². The van der Waals surface area contributed by atoms with Crippen LogP contribution in [0.3, 0.4) is 0 Å². The molecular formula is C20H25N3O3. The van der Waals surface area contributed by atoms with E-state index >= 15 is 0 Å². The second kappa shape index (κ2) is 6.74. The van der Waals surface area contributed by atoms with Crippen LogP contribution < -0.4 is 10.6 Å². The highest BCUT2D eigenvalue weighted by molar-refractivity contribution is 6.09. The Morgan fingerprint density at radius 3 is 2.65 bits per heavy atom. The van der Waals surface area contributed by atoms with Gasteiger partial charge in [-0.3, -0.25) is 14.5 Å². The molecule has 1 spiro atoms. The molecule has 2 N–H and O–H groups in total. The Balaban J connectivity index is 1.46. The summed E-state index contributed by atoms with van der Waals surface area (Å²) >= 11 is 0. The number of nitrogens with one attached hydrogen (secondary N) is 2. The van der Waals surface area contributed by atoms with Gasteiger partial charge in [-0.1, -0.05) is 49.9 Å². The van der Waals surface area contributed by atoms with E-state index in [1.165, 1.54) is 12.8 Å². The highest BCUT2D eigenvalue weighted by atomic mass is 16.2. The van der Waals surface area contributed by atoms with Crippen molar-refractivity contribution < 1.29 is 14.4 Å². The summed E-state index contributed by atoms with van der Waals surface area (Å²) < 4.78 is 0. The molecule has 0 unspecified atom stereocenters. The molecule has 2 aliphatic carbocycles. The number of hydrogen-bond acceptors (Lipinski definition) is 3. The fraction of sp³-hybridized carbons (Fsp3) is 0.550. The minimum atomic E-state index is -0.990. The average molecular weight is 355 g/mol. The summed E-state index contributed by atoms with van der Waals surface area (Å²) in [6, 6.07) is 7.40. The molecule has 6 nitrogen and oxygen atoms in total. The molecule has 1 aromatic carbocycles. The zero-order chi connectivity index (χ0) is 18.1. The summed E-state index contributed by atoms with van der Waals surface area (Å²) in [7, 11) is 0. The number of benzene rings is 1. The van der Waals surface area contributed by atoms with E-state index in [1.807, 2.05) is 24.3 Å². The zero-order valence-corrected chi connectivity index (χ0v) is 14.9. The largest absolute Gasteiger partial charge is 0.352 e. The van der Waals surface area contributed by atoms with Crippen molar-refractivity contribution in [2.24, 2.45) is 0 Å². The van der Waals surface area contributed by atoms with Crippen LogP contribution in [0.15, 0.2) is 24.3 Å². The second-order valence-corrected chi connectivity index (χ2v) is 7.64. The third-order valence-electron chi connectivity index (χ3n) is 5.94. The van der Waals surface area contributed by atoms with Gasteiger partial charge in [0.15, 0.2) is 0 Å². The van der Waals surface area contributed by atoms with Gasteiger partial charge in [0, 0.05) is 6.04 Å². The molecule has 138 valence electrons. The van der Waals surface area contributed by atoms with Gasteiger partial charge in [-0.05, 0) is 36.8 Å². The third kappa shape index (κ3) is 2.87. The topological polar surface area (TPSA) is 78.5 Å². The predicted molar refractivity (Wildman–Crippen MR) is 96.3 cm³/mol. The fourth-order valence-corrected chi connectivity index (χ4v) is 4.57. The van der Waals surface area contributed by atoms with Crippen molar-refractivity contribution in [1.82, 2.24) is 15.5 Å². The van der Waals surface area contributed by atoms with Crippen molar-refractivity contribution in [1.29, 1.82) is 0 Å². The Bertz CT molecular complexity index is 740. The summed E-state index contributed by atoms with van der Waals surface area (Å²) in [5.41, 5.74) is 0.965. The molecule has 4 rings (SSSR count). The van der Waals surface area contributed by atoms with Gasteiger partial charge in [-0.25, -0.2) is 4.79 Å². The Morgan fingerprint density at radius 1 is 1.15 bits per heavy atom. The molecule has 1 saturated heterocycles. The Morgan fingerprint density at radius 2 is 1.88 bits per heavy atom. The quantitative estimate of drug-likeness (QED) is 0.645. The SMILES string of the molecule is O=C(CN1C(=O)N[C@]2(CCc3ccccc32)C1=O)NC1CCCCCC1. The van der Waals surface area contributed by atoms with Crippen molar-refractivity contribution in [2.75, 3.05) is 6.54 Å². The fourth-order valence-electron chi connectivity index (χ4n) is 4.57. The molecule has 1 saturated carbocycles. The molecule has 1 aliphatic heterocycles. The summed E-state index contributed by atoms with van der Waals surface area (Å²) in [6.07, 6.45) is 7.92. The molecule has 2 fully saturated rings. The molecule has 6 heteroatoms.